The summed E-state index contributed by atoms with van der Waals surface area (Å²) in [6.45, 7) is -0.412. The van der Waals surface area contributed by atoms with Gasteiger partial charge in [-0.2, -0.15) is 20.1 Å². The van der Waals surface area contributed by atoms with Crippen molar-refractivity contribution in [1.29, 1.82) is 0 Å². The fourth-order valence-electron chi connectivity index (χ4n) is 6.52. The second kappa shape index (κ2) is 28.2. The number of carbonyl (C=O) groups is 3. The molecule has 0 unspecified atom stereocenters. The minimum Gasteiger partial charge on any atom is -0.494 e. The predicted octanol–water partition coefficient (Wildman–Crippen LogP) is 11.3. The molecule has 0 radical (unpaired) electrons. The summed E-state index contributed by atoms with van der Waals surface area (Å²) in [6.07, 6.45) is 1.91. The summed E-state index contributed by atoms with van der Waals surface area (Å²) < 4.78 is 32.9. The zero-order valence-electron chi connectivity index (χ0n) is 40.1. The van der Waals surface area contributed by atoms with Gasteiger partial charge in [-0.05, 0) is 84.9 Å². The van der Waals surface area contributed by atoms with Crippen LogP contribution in [0.5, 0.6) is 17.2 Å². The number of nitrogens with one attached hydrogen (secondary N) is 3. The third-order valence-electron chi connectivity index (χ3n) is 9.95. The molecule has 6 aromatic rings. The standard InChI is InChI=1S/C50H42N12O14/c1-71-45-29-44(60-58-42-17-16-41(62(69)70)27-47(42)73-22-23-76-50(68)56-39-11-5-8-36(26-39)53-32-65)46(72-2)28-43(45)59-57-33-12-14-40(15-13-33)61(18-20-74-48(66)54-37-9-3-6-34(24-37)51-30-63)19-21-75-49(67)55-38-10-4-7-35(25-38)52-31-64/h3-17,24-29H,18-23H2,1-2H3,(H,54,66)(H,55,67)(H,56,68)/b59-57+,60-58+. The molecule has 386 valence electrons. The van der Waals surface area contributed by atoms with Crippen LogP contribution in [-0.2, 0) is 28.6 Å². The number of hydrogen-bond acceptors (Lipinski definition) is 22. The third kappa shape index (κ3) is 16.9. The number of non-ortho nitro benzene ring substituents is 1. The molecule has 0 fully saturated rings. The van der Waals surface area contributed by atoms with E-state index in [0.29, 0.717) is 28.4 Å². The van der Waals surface area contributed by atoms with Crippen LogP contribution in [0.1, 0.15) is 0 Å². The van der Waals surface area contributed by atoms with Gasteiger partial charge < -0.3 is 33.3 Å². The van der Waals surface area contributed by atoms with Crippen LogP contribution in [0, 0.1) is 10.1 Å². The maximum absolute atomic E-state index is 12.7. The van der Waals surface area contributed by atoms with Gasteiger partial charge in [0.05, 0.1) is 61.0 Å². The van der Waals surface area contributed by atoms with Gasteiger partial charge in [0.2, 0.25) is 18.2 Å². The number of anilines is 4. The Hall–Kier alpha value is -10.9. The largest absolute Gasteiger partial charge is 0.494 e. The van der Waals surface area contributed by atoms with Crippen LogP contribution in [0.15, 0.2) is 163 Å². The van der Waals surface area contributed by atoms with Crippen molar-refractivity contribution in [2.75, 3.05) is 74.6 Å². The van der Waals surface area contributed by atoms with Crippen LogP contribution < -0.4 is 35.1 Å². The molecule has 0 aliphatic rings. The van der Waals surface area contributed by atoms with Gasteiger partial charge in [-0.1, -0.05) is 18.2 Å². The van der Waals surface area contributed by atoms with E-state index in [2.05, 4.69) is 51.4 Å². The maximum Gasteiger partial charge on any atom is 0.411 e. The topological polar surface area (TPSA) is 327 Å². The van der Waals surface area contributed by atoms with Gasteiger partial charge in [0.25, 0.3) is 5.69 Å². The molecule has 76 heavy (non-hydrogen) atoms. The lowest BCUT2D eigenvalue weighted by Crippen LogP contribution is -2.33. The van der Waals surface area contributed by atoms with Crippen molar-refractivity contribution in [3.63, 3.8) is 0 Å². The smallest absolute Gasteiger partial charge is 0.411 e. The average molecular weight is 1030 g/mol. The molecule has 3 amide bonds. The van der Waals surface area contributed by atoms with Crippen LogP contribution >= 0.6 is 0 Å². The molecule has 26 nitrogen and oxygen atoms in total. The van der Waals surface area contributed by atoms with E-state index >= 15 is 0 Å². The molecular formula is C50H42N12O14. The van der Waals surface area contributed by atoms with Crippen molar-refractivity contribution in [2.45, 2.75) is 0 Å². The molecule has 0 aromatic heterocycles. The highest BCUT2D eigenvalue weighted by atomic mass is 16.6. The Kier molecular flexibility index (Phi) is 20.2. The molecule has 26 heteroatoms. The highest BCUT2D eigenvalue weighted by Crippen LogP contribution is 2.42. The molecule has 0 atom stereocenters. The first-order chi connectivity index (χ1) is 37.0. The van der Waals surface area contributed by atoms with Crippen LogP contribution in [0.25, 0.3) is 0 Å². The van der Waals surface area contributed by atoms with Crippen molar-refractivity contribution in [1.82, 2.24) is 0 Å². The summed E-state index contributed by atoms with van der Waals surface area (Å²) in [5, 5.41) is 36.5. The van der Waals surface area contributed by atoms with Crippen LogP contribution in [0.3, 0.4) is 0 Å². The molecule has 0 heterocycles. The normalized spacial score (nSPS) is 10.4. The molecule has 6 rings (SSSR count). The zero-order valence-corrected chi connectivity index (χ0v) is 40.1. The first-order valence-electron chi connectivity index (χ1n) is 22.2. The monoisotopic (exact) mass is 1030 g/mol. The van der Waals surface area contributed by atoms with Crippen molar-refractivity contribution in [3.8, 4) is 17.2 Å². The Morgan fingerprint density at radius 1 is 0.513 bits per heavy atom. The van der Waals surface area contributed by atoms with E-state index < -0.39 is 23.2 Å². The number of rotatable bonds is 24. The Morgan fingerprint density at radius 2 is 0.961 bits per heavy atom. The quantitative estimate of drug-likeness (QED) is 0.00965. The Balaban J connectivity index is 1.11. The summed E-state index contributed by atoms with van der Waals surface area (Å²) in [5.41, 5.74) is 3.07. The molecule has 3 N–H and O–H groups in total. The lowest BCUT2D eigenvalue weighted by molar-refractivity contribution is -0.384. The average Bonchev–Trinajstić information content (AvgIpc) is 3.41. The maximum atomic E-state index is 12.7. The molecule has 0 bridgehead atoms. The number of hydrogen-bond donors (Lipinski definition) is 3. The number of carbonyl (C=O) groups excluding carboxylic acids is 6. The van der Waals surface area contributed by atoms with Gasteiger partial charge in [-0.3, -0.25) is 26.1 Å². The lowest BCUT2D eigenvalue weighted by Gasteiger charge is -2.24. The number of methoxy groups -OCH3 is 2. The van der Waals surface area contributed by atoms with Crippen molar-refractivity contribution >= 4 is 105 Å². The Morgan fingerprint density at radius 3 is 1.41 bits per heavy atom. The highest BCUT2D eigenvalue weighted by molar-refractivity contribution is 5.86. The summed E-state index contributed by atoms with van der Waals surface area (Å²) >= 11 is 0. The zero-order chi connectivity index (χ0) is 54.1. The van der Waals surface area contributed by atoms with E-state index in [-0.39, 0.29) is 96.6 Å². The summed E-state index contributed by atoms with van der Waals surface area (Å²) in [5.74, 6) is 0.375. The number of nitro groups is 1. The van der Waals surface area contributed by atoms with E-state index in [4.69, 9.17) is 28.4 Å². The number of ether oxygens (including phenoxy) is 6. The SMILES string of the molecule is COc1cc(/N=N/c2ccc([N+](=O)[O-])cc2OCCOC(=O)Nc2cccc(N=C=O)c2)c(OC)cc1/N=N/c1ccc(N(CCOC(=O)Nc2cccc(N=C=O)c2)CCOC(=O)Nc2cccc(N=C=O)c2)cc1. The van der Waals surface area contributed by atoms with Gasteiger partial charge in [-0.15, -0.1) is 15.3 Å². The van der Waals surface area contributed by atoms with Crippen molar-refractivity contribution < 1.29 is 62.1 Å². The predicted molar refractivity (Wildman–Crippen MR) is 273 cm³/mol. The molecular weight excluding hydrogens is 993 g/mol. The van der Waals surface area contributed by atoms with Crippen molar-refractivity contribution in [2.24, 2.45) is 35.4 Å². The second-order valence-electron chi connectivity index (χ2n) is 14.9. The number of benzene rings is 6. The molecule has 0 aliphatic heterocycles. The Bertz CT molecular complexity index is 3180. The van der Waals surface area contributed by atoms with E-state index in [9.17, 15) is 38.9 Å². The number of azo groups is 2. The first kappa shape index (κ1) is 54.4. The van der Waals surface area contributed by atoms with E-state index in [1.54, 1.807) is 77.7 Å². The number of isocyanates is 3. The van der Waals surface area contributed by atoms with Crippen LogP contribution in [-0.4, -0.2) is 95.2 Å². The minimum atomic E-state index is -0.839. The van der Waals surface area contributed by atoms with Gasteiger partial charge in [-0.25, -0.2) is 28.8 Å². The first-order valence-corrected chi connectivity index (χ1v) is 22.2. The number of amides is 3. The summed E-state index contributed by atoms with van der Waals surface area (Å²) in [4.78, 5) is 92.9. The fraction of sp³-hybridized carbons (Fsp3) is 0.160. The molecule has 6 aromatic carbocycles. The van der Waals surface area contributed by atoms with E-state index in [1.165, 1.54) is 81.0 Å². The lowest BCUT2D eigenvalue weighted by atomic mass is 10.2. The van der Waals surface area contributed by atoms with Gasteiger partial charge in [0.15, 0.2) is 5.75 Å². The van der Waals surface area contributed by atoms with E-state index in [0.717, 1.165) is 6.07 Å². The van der Waals surface area contributed by atoms with E-state index in [1.807, 2.05) is 0 Å². The van der Waals surface area contributed by atoms with Crippen molar-refractivity contribution in [3.05, 3.63) is 138 Å². The third-order valence-corrected chi connectivity index (χ3v) is 9.95. The number of aliphatic imine (C=N–C) groups is 3. The van der Waals surface area contributed by atoms with Crippen LogP contribution in [0.4, 0.5) is 82.6 Å². The Labute approximate surface area is 430 Å². The molecule has 0 spiro atoms. The molecule has 0 aliphatic carbocycles. The summed E-state index contributed by atoms with van der Waals surface area (Å²) in [6, 6.07) is 31.9. The molecule has 0 saturated carbocycles. The summed E-state index contributed by atoms with van der Waals surface area (Å²) in [7, 11) is 2.80. The van der Waals surface area contributed by atoms with Crippen LogP contribution in [0.2, 0.25) is 0 Å². The van der Waals surface area contributed by atoms with Gasteiger partial charge in [0.1, 0.15) is 55.0 Å². The van der Waals surface area contributed by atoms with Gasteiger partial charge >= 0.3 is 18.3 Å². The molecule has 0 saturated heterocycles. The second-order valence-corrected chi connectivity index (χ2v) is 14.9. The number of nitro benzene ring substituents is 1. The fourth-order valence-corrected chi connectivity index (χ4v) is 6.52. The minimum absolute atomic E-state index is 0.0440. The highest BCUT2D eigenvalue weighted by Gasteiger charge is 2.17. The van der Waals surface area contributed by atoms with Gasteiger partial charge in [0, 0.05) is 40.9 Å². The number of nitrogens with zero attached hydrogens (tertiary/aromatic N) is 9.